The summed E-state index contributed by atoms with van der Waals surface area (Å²) >= 11 is 0. The van der Waals surface area contributed by atoms with Crippen LogP contribution < -0.4 is 4.74 Å². The Bertz CT molecular complexity index is 745. The lowest BCUT2D eigenvalue weighted by Gasteiger charge is -2.26. The van der Waals surface area contributed by atoms with E-state index in [9.17, 15) is 4.79 Å². The van der Waals surface area contributed by atoms with Gasteiger partial charge in [-0.05, 0) is 56.5 Å². The molecule has 1 saturated heterocycles. The van der Waals surface area contributed by atoms with Crippen molar-refractivity contribution < 1.29 is 14.3 Å². The van der Waals surface area contributed by atoms with Crippen molar-refractivity contribution in [3.63, 3.8) is 0 Å². The first-order chi connectivity index (χ1) is 12.5. The van der Waals surface area contributed by atoms with Crippen molar-refractivity contribution in [2.24, 2.45) is 0 Å². The molecule has 1 heterocycles. The normalized spacial score (nSPS) is 16.5. The molecule has 0 aromatic heterocycles. The molecule has 1 atom stereocenters. The van der Waals surface area contributed by atoms with Gasteiger partial charge in [0.1, 0.15) is 5.75 Å². The lowest BCUT2D eigenvalue weighted by Crippen LogP contribution is -2.37. The molecule has 138 valence electrons. The zero-order chi connectivity index (χ0) is 18.5. The van der Waals surface area contributed by atoms with Crippen molar-refractivity contribution >= 4 is 5.91 Å². The van der Waals surface area contributed by atoms with Gasteiger partial charge in [-0.25, -0.2) is 0 Å². The largest absolute Gasteiger partial charge is 0.497 e. The van der Waals surface area contributed by atoms with Crippen LogP contribution in [0.5, 0.6) is 5.75 Å². The third-order valence-electron chi connectivity index (χ3n) is 4.71. The predicted molar refractivity (Wildman–Crippen MR) is 103 cm³/mol. The number of benzene rings is 2. The summed E-state index contributed by atoms with van der Waals surface area (Å²) in [7, 11) is 1.66. The molecule has 0 bridgehead atoms. The van der Waals surface area contributed by atoms with Gasteiger partial charge in [0, 0.05) is 25.3 Å². The van der Waals surface area contributed by atoms with Crippen LogP contribution in [0.3, 0.4) is 0 Å². The number of rotatable bonds is 6. The molecule has 1 amide bonds. The molecule has 0 spiro atoms. The number of hydrogen-bond acceptors (Lipinski definition) is 3. The lowest BCUT2D eigenvalue weighted by atomic mass is 10.1. The highest BCUT2D eigenvalue weighted by molar-refractivity contribution is 5.94. The number of carbonyl (C=O) groups excluding carboxylic acids is 1. The fourth-order valence-electron chi connectivity index (χ4n) is 3.53. The standard InChI is InChI=1S/C22H27NO3/c1-16-10-17(2)12-19(11-16)22(24)23(15-21-8-5-9-26-21)14-18-6-4-7-20(13-18)25-3/h4,6-7,10-13,21H,5,8-9,14-15H2,1-3H3. The van der Waals surface area contributed by atoms with E-state index in [0.29, 0.717) is 13.1 Å². The van der Waals surface area contributed by atoms with E-state index in [4.69, 9.17) is 9.47 Å². The number of ether oxygens (including phenoxy) is 2. The summed E-state index contributed by atoms with van der Waals surface area (Å²) in [6.45, 7) is 5.99. The topological polar surface area (TPSA) is 38.8 Å². The minimum atomic E-state index is 0.0510. The Labute approximate surface area is 155 Å². The Hall–Kier alpha value is -2.33. The molecule has 2 aromatic rings. The molecule has 1 unspecified atom stereocenters. The molecule has 2 aromatic carbocycles. The average Bonchev–Trinajstić information content (AvgIpc) is 3.13. The van der Waals surface area contributed by atoms with Crippen LogP contribution in [0.1, 0.15) is 39.9 Å². The minimum absolute atomic E-state index is 0.0510. The maximum atomic E-state index is 13.2. The van der Waals surface area contributed by atoms with Crippen molar-refractivity contribution in [1.82, 2.24) is 4.90 Å². The summed E-state index contributed by atoms with van der Waals surface area (Å²) in [5.41, 5.74) is 4.00. The van der Waals surface area contributed by atoms with E-state index < -0.39 is 0 Å². The van der Waals surface area contributed by atoms with Gasteiger partial charge < -0.3 is 14.4 Å². The Balaban J connectivity index is 1.84. The van der Waals surface area contributed by atoms with Crippen LogP contribution in [0.25, 0.3) is 0 Å². The Morgan fingerprint density at radius 2 is 1.96 bits per heavy atom. The first-order valence-electron chi connectivity index (χ1n) is 9.17. The summed E-state index contributed by atoms with van der Waals surface area (Å²) in [5, 5.41) is 0. The second kappa shape index (κ2) is 8.37. The molecule has 1 fully saturated rings. The molecule has 0 radical (unpaired) electrons. The summed E-state index contributed by atoms with van der Waals surface area (Å²) in [6.07, 6.45) is 2.19. The molecule has 4 nitrogen and oxygen atoms in total. The van der Waals surface area contributed by atoms with E-state index in [-0.39, 0.29) is 12.0 Å². The van der Waals surface area contributed by atoms with Gasteiger partial charge in [-0.15, -0.1) is 0 Å². The molecule has 0 saturated carbocycles. The smallest absolute Gasteiger partial charge is 0.254 e. The highest BCUT2D eigenvalue weighted by Crippen LogP contribution is 2.20. The first-order valence-corrected chi connectivity index (χ1v) is 9.17. The molecular formula is C22H27NO3. The van der Waals surface area contributed by atoms with Crippen LogP contribution in [0.4, 0.5) is 0 Å². The summed E-state index contributed by atoms with van der Waals surface area (Å²) in [4.78, 5) is 15.1. The average molecular weight is 353 g/mol. The maximum absolute atomic E-state index is 13.2. The Morgan fingerprint density at radius 1 is 1.19 bits per heavy atom. The number of carbonyl (C=O) groups is 1. The van der Waals surface area contributed by atoms with Crippen LogP contribution in [0.15, 0.2) is 42.5 Å². The van der Waals surface area contributed by atoms with Gasteiger partial charge in [-0.1, -0.05) is 29.3 Å². The van der Waals surface area contributed by atoms with Crippen LogP contribution in [0.2, 0.25) is 0 Å². The SMILES string of the molecule is COc1cccc(CN(CC2CCCO2)C(=O)c2cc(C)cc(C)c2)c1. The molecule has 0 aliphatic carbocycles. The maximum Gasteiger partial charge on any atom is 0.254 e. The van der Waals surface area contributed by atoms with Crippen molar-refractivity contribution in [3.05, 3.63) is 64.7 Å². The molecule has 3 rings (SSSR count). The second-order valence-corrected chi connectivity index (χ2v) is 7.05. The van der Waals surface area contributed by atoms with Gasteiger partial charge in [0.25, 0.3) is 5.91 Å². The first kappa shape index (κ1) is 18.5. The number of aryl methyl sites for hydroxylation is 2. The Morgan fingerprint density at radius 3 is 2.62 bits per heavy atom. The van der Waals surface area contributed by atoms with Crippen LogP contribution >= 0.6 is 0 Å². The monoisotopic (exact) mass is 353 g/mol. The highest BCUT2D eigenvalue weighted by Gasteiger charge is 2.24. The molecule has 26 heavy (non-hydrogen) atoms. The second-order valence-electron chi connectivity index (χ2n) is 7.05. The zero-order valence-corrected chi connectivity index (χ0v) is 15.8. The minimum Gasteiger partial charge on any atom is -0.497 e. The van der Waals surface area contributed by atoms with Crippen molar-refractivity contribution in [3.8, 4) is 5.75 Å². The van der Waals surface area contributed by atoms with Gasteiger partial charge in [0.2, 0.25) is 0 Å². The molecular weight excluding hydrogens is 326 g/mol. The van der Waals surface area contributed by atoms with Gasteiger partial charge in [0.05, 0.1) is 13.2 Å². The number of hydrogen-bond donors (Lipinski definition) is 0. The van der Waals surface area contributed by atoms with E-state index in [0.717, 1.165) is 47.5 Å². The number of amides is 1. The third-order valence-corrected chi connectivity index (χ3v) is 4.71. The van der Waals surface area contributed by atoms with E-state index in [1.807, 2.05) is 55.1 Å². The lowest BCUT2D eigenvalue weighted by molar-refractivity contribution is 0.0507. The zero-order valence-electron chi connectivity index (χ0n) is 15.8. The molecule has 1 aliphatic rings. The summed E-state index contributed by atoms with van der Waals surface area (Å²) in [6, 6.07) is 13.9. The number of methoxy groups -OCH3 is 1. The fraction of sp³-hybridized carbons (Fsp3) is 0.409. The van der Waals surface area contributed by atoms with Crippen molar-refractivity contribution in [1.29, 1.82) is 0 Å². The molecule has 0 N–H and O–H groups in total. The van der Waals surface area contributed by atoms with Crippen LogP contribution in [-0.2, 0) is 11.3 Å². The quantitative estimate of drug-likeness (QED) is 0.784. The summed E-state index contributed by atoms with van der Waals surface area (Å²) in [5.74, 6) is 0.855. The molecule has 1 aliphatic heterocycles. The van der Waals surface area contributed by atoms with Crippen LogP contribution in [-0.4, -0.2) is 37.2 Å². The number of nitrogens with zero attached hydrogens (tertiary/aromatic N) is 1. The van der Waals surface area contributed by atoms with Gasteiger partial charge in [-0.3, -0.25) is 4.79 Å². The van der Waals surface area contributed by atoms with E-state index >= 15 is 0 Å². The molecule has 4 heteroatoms. The van der Waals surface area contributed by atoms with Gasteiger partial charge >= 0.3 is 0 Å². The highest BCUT2D eigenvalue weighted by atomic mass is 16.5. The van der Waals surface area contributed by atoms with Crippen molar-refractivity contribution in [2.75, 3.05) is 20.3 Å². The van der Waals surface area contributed by atoms with Crippen molar-refractivity contribution in [2.45, 2.75) is 39.3 Å². The Kier molecular flexibility index (Phi) is 5.94. The summed E-state index contributed by atoms with van der Waals surface area (Å²) < 4.78 is 11.1. The van der Waals surface area contributed by atoms with E-state index in [2.05, 4.69) is 6.07 Å². The van der Waals surface area contributed by atoms with E-state index in [1.165, 1.54) is 0 Å². The van der Waals surface area contributed by atoms with Crippen LogP contribution in [0, 0.1) is 13.8 Å². The third kappa shape index (κ3) is 4.64. The van der Waals surface area contributed by atoms with Gasteiger partial charge in [0.15, 0.2) is 0 Å². The fourth-order valence-corrected chi connectivity index (χ4v) is 3.53. The predicted octanol–water partition coefficient (Wildman–Crippen LogP) is 4.13. The van der Waals surface area contributed by atoms with Gasteiger partial charge in [-0.2, -0.15) is 0 Å². The van der Waals surface area contributed by atoms with E-state index in [1.54, 1.807) is 7.11 Å².